The predicted molar refractivity (Wildman–Crippen MR) is 23.5 cm³/mol. The van der Waals surface area contributed by atoms with E-state index in [9.17, 15) is 0 Å². The molecular weight excluding hydrogens is 166 g/mol. The van der Waals surface area contributed by atoms with Crippen LogP contribution >= 0.6 is 9.95 Å². The molecule has 1 unspecified atom stereocenters. The molecule has 36 valence electrons. The molecule has 1 fully saturated rings. The topological polar surface area (TPSA) is 18.5 Å². The zero-order valence-electron chi connectivity index (χ0n) is 3.06. The van der Waals surface area contributed by atoms with E-state index in [2.05, 4.69) is 8.76 Å². The molecular formula is C2H4AsClO2. The Morgan fingerprint density at radius 2 is 2.50 bits per heavy atom. The van der Waals surface area contributed by atoms with Crippen molar-refractivity contribution in [3.63, 3.8) is 0 Å². The first-order chi connectivity index (χ1) is 2.89. The fourth-order valence-electron chi connectivity index (χ4n) is 0.241. The summed E-state index contributed by atoms with van der Waals surface area (Å²) in [4.78, 5) is 4.49. The Kier molecular flexibility index (Phi) is 1.78. The number of hydrogen-bond donors (Lipinski definition) is 0. The van der Waals surface area contributed by atoms with Crippen LogP contribution in [0.5, 0.6) is 0 Å². The van der Waals surface area contributed by atoms with Crippen LogP contribution < -0.4 is 0 Å². The Morgan fingerprint density at radius 3 is 2.67 bits per heavy atom. The number of rotatable bonds is 0. The summed E-state index contributed by atoms with van der Waals surface area (Å²) in [6.45, 7) is 0.698. The second-order valence-corrected chi connectivity index (χ2v) is 5.48. The van der Waals surface area contributed by atoms with Gasteiger partial charge in [-0.2, -0.15) is 0 Å². The Balaban J connectivity index is 2.18. The second kappa shape index (κ2) is 2.17. The monoisotopic (exact) mass is 170 g/mol. The second-order valence-electron chi connectivity index (χ2n) is 0.938. The van der Waals surface area contributed by atoms with E-state index >= 15 is 0 Å². The van der Waals surface area contributed by atoms with Gasteiger partial charge in [0.15, 0.2) is 0 Å². The van der Waals surface area contributed by atoms with Gasteiger partial charge in [0.25, 0.3) is 0 Å². The van der Waals surface area contributed by atoms with Crippen molar-refractivity contribution in [3.05, 3.63) is 0 Å². The zero-order chi connectivity index (χ0) is 4.41. The van der Waals surface area contributed by atoms with Crippen LogP contribution in [0.1, 0.15) is 0 Å². The minimum atomic E-state index is -1.35. The summed E-state index contributed by atoms with van der Waals surface area (Å²) in [6.07, 6.45) is 0. The van der Waals surface area contributed by atoms with Gasteiger partial charge in [-0.25, -0.2) is 0 Å². The summed E-state index contributed by atoms with van der Waals surface area (Å²) in [5, 5.41) is 0.953. The Morgan fingerprint density at radius 1 is 1.67 bits per heavy atom. The maximum absolute atomic E-state index is 5.51. The summed E-state index contributed by atoms with van der Waals surface area (Å²) in [5.41, 5.74) is 0. The molecule has 0 saturated carbocycles. The van der Waals surface area contributed by atoms with Crippen molar-refractivity contribution in [3.8, 4) is 0 Å². The molecule has 0 radical (unpaired) electrons. The third kappa shape index (κ3) is 1.12. The van der Waals surface area contributed by atoms with Gasteiger partial charge in [0.2, 0.25) is 0 Å². The molecule has 0 aromatic carbocycles. The molecule has 6 heavy (non-hydrogen) atoms. The summed E-state index contributed by atoms with van der Waals surface area (Å²) >= 11 is -1.35. The van der Waals surface area contributed by atoms with Crippen molar-refractivity contribution in [1.29, 1.82) is 0 Å². The van der Waals surface area contributed by atoms with Gasteiger partial charge < -0.3 is 0 Å². The van der Waals surface area contributed by atoms with Crippen LogP contribution in [0.4, 0.5) is 0 Å². The molecule has 0 amide bonds. The molecule has 1 saturated heterocycles. The molecule has 1 aliphatic heterocycles. The van der Waals surface area contributed by atoms with Gasteiger partial charge in [-0.05, 0) is 0 Å². The summed E-state index contributed by atoms with van der Waals surface area (Å²) in [5.74, 6) is 0. The molecule has 0 aromatic heterocycles. The first-order valence-electron chi connectivity index (χ1n) is 1.62. The normalized spacial score (nSPS) is 34.5. The average molecular weight is 170 g/mol. The van der Waals surface area contributed by atoms with E-state index in [-0.39, 0.29) is 0 Å². The van der Waals surface area contributed by atoms with Crippen LogP contribution in [0.2, 0.25) is 5.21 Å². The molecule has 0 N–H and O–H groups in total. The van der Waals surface area contributed by atoms with Crippen LogP contribution in [0.25, 0.3) is 0 Å². The molecule has 1 atom stereocenters. The van der Waals surface area contributed by atoms with Crippen molar-refractivity contribution in [2.75, 3.05) is 6.61 Å². The average Bonchev–Trinajstić information content (AvgIpc) is 1.86. The molecule has 4 heteroatoms. The predicted octanol–water partition coefficient (Wildman–Crippen LogP) is 0.675. The van der Waals surface area contributed by atoms with Crippen LogP contribution in [0, 0.1) is 0 Å². The van der Waals surface area contributed by atoms with E-state index in [1.807, 2.05) is 0 Å². The van der Waals surface area contributed by atoms with Gasteiger partial charge in [0.1, 0.15) is 0 Å². The SMILES string of the molecule is Cl[As]1CCOO1. The number of halogens is 1. The van der Waals surface area contributed by atoms with Gasteiger partial charge in [0, 0.05) is 0 Å². The molecule has 0 spiro atoms. The maximum atomic E-state index is 5.51. The van der Waals surface area contributed by atoms with E-state index in [4.69, 9.17) is 9.95 Å². The van der Waals surface area contributed by atoms with E-state index in [1.165, 1.54) is 0 Å². The van der Waals surface area contributed by atoms with Gasteiger partial charge >= 0.3 is 44.6 Å². The minimum absolute atomic E-state index is 0.698. The molecule has 0 aromatic rings. The number of hydrogen-bond acceptors (Lipinski definition) is 2. The fourth-order valence-corrected chi connectivity index (χ4v) is 1.82. The molecule has 1 rings (SSSR count). The van der Waals surface area contributed by atoms with Crippen molar-refractivity contribution in [2.45, 2.75) is 5.21 Å². The molecule has 1 aliphatic rings. The first kappa shape index (κ1) is 4.92. The van der Waals surface area contributed by atoms with Crippen LogP contribution in [-0.4, -0.2) is 20.7 Å². The van der Waals surface area contributed by atoms with E-state index < -0.39 is 14.1 Å². The molecule has 2 nitrogen and oxygen atoms in total. The van der Waals surface area contributed by atoms with Crippen LogP contribution in [0.15, 0.2) is 0 Å². The van der Waals surface area contributed by atoms with E-state index in [0.29, 0.717) is 6.61 Å². The molecule has 0 bridgehead atoms. The third-order valence-corrected chi connectivity index (χ3v) is 3.34. The van der Waals surface area contributed by atoms with Gasteiger partial charge in [-0.1, -0.05) is 0 Å². The fraction of sp³-hybridized carbons (Fsp3) is 1.00. The van der Waals surface area contributed by atoms with Crippen LogP contribution in [-0.2, 0) is 8.76 Å². The van der Waals surface area contributed by atoms with Crippen LogP contribution in [0.3, 0.4) is 0 Å². The summed E-state index contributed by atoms with van der Waals surface area (Å²) < 4.78 is 4.56. The first-order valence-corrected chi connectivity index (χ1v) is 6.18. The van der Waals surface area contributed by atoms with Gasteiger partial charge in [-0.15, -0.1) is 0 Å². The standard InChI is InChI=1S/C2H4AsClO2/c4-3-1-2-5-6-3/h1-2H2. The van der Waals surface area contributed by atoms with E-state index in [1.54, 1.807) is 0 Å². The van der Waals surface area contributed by atoms with E-state index in [0.717, 1.165) is 5.21 Å². The summed E-state index contributed by atoms with van der Waals surface area (Å²) in [6, 6.07) is 0. The van der Waals surface area contributed by atoms with Gasteiger partial charge in [0.05, 0.1) is 0 Å². The Labute approximate surface area is 45.1 Å². The third-order valence-electron chi connectivity index (χ3n) is 0.484. The van der Waals surface area contributed by atoms with Crippen molar-refractivity contribution < 1.29 is 8.76 Å². The Hall–Kier alpha value is 0.768. The zero-order valence-corrected chi connectivity index (χ0v) is 5.69. The van der Waals surface area contributed by atoms with Crippen molar-refractivity contribution in [2.24, 2.45) is 0 Å². The van der Waals surface area contributed by atoms with Crippen molar-refractivity contribution >= 4 is 24.0 Å². The molecule has 0 aliphatic carbocycles. The van der Waals surface area contributed by atoms with Gasteiger partial charge in [-0.3, -0.25) is 0 Å². The Bertz CT molecular complexity index is 44.8. The molecule has 1 heterocycles. The quantitative estimate of drug-likeness (QED) is 0.393. The van der Waals surface area contributed by atoms with Crippen molar-refractivity contribution in [1.82, 2.24) is 0 Å². The summed E-state index contributed by atoms with van der Waals surface area (Å²) in [7, 11) is 5.51.